The van der Waals surface area contributed by atoms with Gasteiger partial charge in [0.25, 0.3) is 0 Å². The first-order valence-corrected chi connectivity index (χ1v) is 10.3. The normalized spacial score (nSPS) is 18.6. The quantitative estimate of drug-likeness (QED) is 0.621. The van der Waals surface area contributed by atoms with Gasteiger partial charge in [-0.2, -0.15) is 5.10 Å². The molecule has 0 unspecified atom stereocenters. The van der Waals surface area contributed by atoms with Crippen LogP contribution in [0, 0.1) is 11.6 Å². The summed E-state index contributed by atoms with van der Waals surface area (Å²) >= 11 is 0. The summed E-state index contributed by atoms with van der Waals surface area (Å²) in [6, 6.07) is 8.73. The Bertz CT molecular complexity index is 979. The van der Waals surface area contributed by atoms with Crippen LogP contribution in [0.25, 0.3) is 0 Å². The molecule has 0 radical (unpaired) electrons. The van der Waals surface area contributed by atoms with Crippen LogP contribution in [0.3, 0.4) is 0 Å². The van der Waals surface area contributed by atoms with Crippen LogP contribution in [-0.4, -0.2) is 66.9 Å². The molecule has 3 heterocycles. The number of aromatic nitrogens is 4. The molecule has 0 saturated carbocycles. The van der Waals surface area contributed by atoms with Crippen molar-refractivity contribution in [2.24, 2.45) is 0 Å². The van der Waals surface area contributed by atoms with Gasteiger partial charge in [0, 0.05) is 56.6 Å². The Morgan fingerprint density at radius 3 is 2.58 bits per heavy atom. The number of halogens is 2. The fraction of sp³-hybridized carbons (Fsp3) is 0.409. The minimum absolute atomic E-state index is 0.00483. The van der Waals surface area contributed by atoms with E-state index < -0.39 is 23.3 Å². The van der Waals surface area contributed by atoms with E-state index in [-0.39, 0.29) is 12.1 Å². The lowest BCUT2D eigenvalue weighted by Gasteiger charge is -2.44. The van der Waals surface area contributed by atoms with Crippen molar-refractivity contribution in [1.29, 1.82) is 0 Å². The van der Waals surface area contributed by atoms with Gasteiger partial charge in [0.2, 0.25) is 0 Å². The molecule has 1 aliphatic rings. The van der Waals surface area contributed by atoms with Crippen molar-refractivity contribution in [3.63, 3.8) is 0 Å². The summed E-state index contributed by atoms with van der Waals surface area (Å²) in [5, 5.41) is 15.8. The number of rotatable bonds is 7. The highest BCUT2D eigenvalue weighted by molar-refractivity contribution is 5.27. The second-order valence-corrected chi connectivity index (χ2v) is 7.95. The van der Waals surface area contributed by atoms with Crippen LogP contribution in [-0.2, 0) is 18.7 Å². The Balaban J connectivity index is 1.51. The van der Waals surface area contributed by atoms with Crippen LogP contribution in [0.15, 0.2) is 55.2 Å². The average molecular weight is 428 g/mol. The summed E-state index contributed by atoms with van der Waals surface area (Å²) in [6.07, 6.45) is 4.63. The molecule has 1 fully saturated rings. The van der Waals surface area contributed by atoms with Gasteiger partial charge in [-0.15, -0.1) is 0 Å². The Morgan fingerprint density at radius 2 is 1.94 bits per heavy atom. The Labute approximate surface area is 180 Å². The maximum atomic E-state index is 14.7. The lowest BCUT2D eigenvalue weighted by molar-refractivity contribution is -0.0743. The van der Waals surface area contributed by atoms with E-state index in [2.05, 4.69) is 24.9 Å². The van der Waals surface area contributed by atoms with Gasteiger partial charge in [0.1, 0.15) is 29.9 Å². The summed E-state index contributed by atoms with van der Waals surface area (Å²) in [5.74, 6) is -1.46. The molecule has 31 heavy (non-hydrogen) atoms. The predicted molar refractivity (Wildman–Crippen MR) is 111 cm³/mol. The Hall–Kier alpha value is -2.75. The van der Waals surface area contributed by atoms with Crippen molar-refractivity contribution < 1.29 is 13.9 Å². The van der Waals surface area contributed by atoms with Gasteiger partial charge < -0.3 is 5.11 Å². The number of nitrogens with zero attached hydrogens (tertiary/aromatic N) is 6. The van der Waals surface area contributed by atoms with Gasteiger partial charge in [0.05, 0.1) is 12.2 Å². The maximum absolute atomic E-state index is 14.7. The van der Waals surface area contributed by atoms with Crippen LogP contribution in [0.1, 0.15) is 18.2 Å². The van der Waals surface area contributed by atoms with E-state index in [4.69, 9.17) is 0 Å². The van der Waals surface area contributed by atoms with Gasteiger partial charge in [0.15, 0.2) is 0 Å². The minimum Gasteiger partial charge on any atom is -0.381 e. The van der Waals surface area contributed by atoms with E-state index in [1.54, 1.807) is 6.20 Å². The molecule has 0 bridgehead atoms. The highest BCUT2D eigenvalue weighted by atomic mass is 19.1. The number of pyridine rings is 1. The van der Waals surface area contributed by atoms with Gasteiger partial charge in [-0.05, 0) is 25.1 Å². The van der Waals surface area contributed by atoms with Crippen molar-refractivity contribution in [2.75, 3.05) is 26.2 Å². The Morgan fingerprint density at radius 1 is 1.13 bits per heavy atom. The molecular formula is C22H26F2N6O. The van der Waals surface area contributed by atoms with E-state index in [1.807, 2.05) is 25.1 Å². The van der Waals surface area contributed by atoms with E-state index in [9.17, 15) is 13.9 Å². The van der Waals surface area contributed by atoms with Crippen LogP contribution in [0.4, 0.5) is 8.78 Å². The molecular weight excluding hydrogens is 402 g/mol. The number of piperazine rings is 1. The lowest BCUT2D eigenvalue weighted by atomic mass is 9.85. The zero-order chi connectivity index (χ0) is 21.8. The van der Waals surface area contributed by atoms with Gasteiger partial charge >= 0.3 is 0 Å². The maximum Gasteiger partial charge on any atom is 0.137 e. The Kier molecular flexibility index (Phi) is 6.35. The standard InChI is InChI=1S/C22H26F2N6O/c1-17(29-10-8-28(9-11-29)13-19-4-2-3-7-26-19)22(31,14-30-16-25-15-27-30)20-6-5-18(23)12-21(20)24/h2-7,12,15-17,31H,8-11,13-14H2,1H3/t17-,22-/m1/s1. The van der Waals surface area contributed by atoms with E-state index in [0.717, 1.165) is 31.4 Å². The van der Waals surface area contributed by atoms with Crippen LogP contribution < -0.4 is 0 Å². The molecule has 1 aliphatic heterocycles. The highest BCUT2D eigenvalue weighted by Crippen LogP contribution is 2.33. The van der Waals surface area contributed by atoms with Crippen molar-refractivity contribution in [1.82, 2.24) is 29.5 Å². The first-order chi connectivity index (χ1) is 15.0. The average Bonchev–Trinajstić information content (AvgIpc) is 3.27. The summed E-state index contributed by atoms with van der Waals surface area (Å²) in [6.45, 7) is 5.64. The second-order valence-electron chi connectivity index (χ2n) is 7.95. The smallest absolute Gasteiger partial charge is 0.137 e. The molecule has 1 saturated heterocycles. The molecule has 2 atom stereocenters. The zero-order valence-electron chi connectivity index (χ0n) is 17.4. The summed E-state index contributed by atoms with van der Waals surface area (Å²) in [5.41, 5.74) is -0.554. The fourth-order valence-electron chi connectivity index (χ4n) is 4.18. The van der Waals surface area contributed by atoms with Crippen molar-refractivity contribution in [2.45, 2.75) is 31.7 Å². The number of hydrogen-bond acceptors (Lipinski definition) is 6. The summed E-state index contributed by atoms with van der Waals surface area (Å²) in [7, 11) is 0. The molecule has 3 aromatic rings. The zero-order valence-corrected chi connectivity index (χ0v) is 17.4. The third kappa shape index (κ3) is 4.79. The molecule has 4 rings (SSSR count). The molecule has 9 heteroatoms. The van der Waals surface area contributed by atoms with Crippen LogP contribution >= 0.6 is 0 Å². The molecule has 0 spiro atoms. The van der Waals surface area contributed by atoms with Crippen LogP contribution in [0.2, 0.25) is 0 Å². The third-order valence-corrected chi connectivity index (χ3v) is 6.02. The van der Waals surface area contributed by atoms with Crippen LogP contribution in [0.5, 0.6) is 0 Å². The molecule has 0 amide bonds. The van der Waals surface area contributed by atoms with Gasteiger partial charge in [-0.25, -0.2) is 18.4 Å². The first kappa shape index (κ1) is 21.5. The largest absolute Gasteiger partial charge is 0.381 e. The first-order valence-electron chi connectivity index (χ1n) is 10.3. The molecule has 7 nitrogen and oxygen atoms in total. The number of aliphatic hydroxyl groups is 1. The number of hydrogen-bond donors (Lipinski definition) is 1. The fourth-order valence-corrected chi connectivity index (χ4v) is 4.18. The highest BCUT2D eigenvalue weighted by Gasteiger charge is 2.42. The molecule has 0 aliphatic carbocycles. The van der Waals surface area contributed by atoms with Crippen molar-refractivity contribution in [3.8, 4) is 0 Å². The second kappa shape index (κ2) is 9.17. The monoisotopic (exact) mass is 428 g/mol. The minimum atomic E-state index is -1.62. The predicted octanol–water partition coefficient (Wildman–Crippen LogP) is 2.05. The number of benzene rings is 1. The van der Waals surface area contributed by atoms with Gasteiger partial charge in [-0.1, -0.05) is 12.1 Å². The van der Waals surface area contributed by atoms with Crippen molar-refractivity contribution >= 4 is 0 Å². The molecule has 1 N–H and O–H groups in total. The van der Waals surface area contributed by atoms with E-state index in [1.165, 1.54) is 29.5 Å². The SMILES string of the molecule is C[C@@H](N1CCN(Cc2ccccn2)CC1)[C@](O)(Cn1cncn1)c1ccc(F)cc1F. The van der Waals surface area contributed by atoms with E-state index >= 15 is 0 Å². The third-order valence-electron chi connectivity index (χ3n) is 6.02. The lowest BCUT2D eigenvalue weighted by Crippen LogP contribution is -2.57. The molecule has 1 aromatic carbocycles. The molecule has 2 aromatic heterocycles. The summed E-state index contributed by atoms with van der Waals surface area (Å²) in [4.78, 5) is 12.7. The van der Waals surface area contributed by atoms with Gasteiger partial charge in [-0.3, -0.25) is 14.8 Å². The molecule has 164 valence electrons. The topological polar surface area (TPSA) is 70.3 Å². The van der Waals surface area contributed by atoms with E-state index in [0.29, 0.717) is 13.1 Å². The van der Waals surface area contributed by atoms with Crippen molar-refractivity contribution in [3.05, 3.63) is 78.1 Å². The summed E-state index contributed by atoms with van der Waals surface area (Å²) < 4.78 is 29.7.